The Morgan fingerprint density at radius 2 is 1.89 bits per heavy atom. The number of phenolic OH excluding ortho intramolecular Hbond substituents is 1. The van der Waals surface area contributed by atoms with Gasteiger partial charge in [0.05, 0.1) is 35.5 Å². The number of phenols is 1. The first-order chi connectivity index (χ1) is 17.4. The number of nitrogens with zero attached hydrogens (tertiary/aromatic N) is 3. The predicted octanol–water partition coefficient (Wildman–Crippen LogP) is 4.43. The van der Waals surface area contributed by atoms with Crippen molar-refractivity contribution in [2.24, 2.45) is 0 Å². The van der Waals surface area contributed by atoms with E-state index < -0.39 is 17.7 Å². The number of anilines is 1. The first-order valence-corrected chi connectivity index (χ1v) is 11.9. The number of aliphatic hydroxyl groups excluding tert-OH is 1. The second-order valence-corrected chi connectivity index (χ2v) is 8.90. The number of hydrogen-bond donors (Lipinski definition) is 2. The standard InChI is InChI=1S/C26H21N3O6S/c1-3-35-19-12-15(4-7-18(19)30)22-21(23(31)14-8-10-27-11-9-14)24(32)25(33)29(22)26-28-17-6-5-16(34-2)13-20(17)36-26/h4-13,22,30-31H,3H2,1-2H3. The summed E-state index contributed by atoms with van der Waals surface area (Å²) in [6, 6.07) is 12.0. The summed E-state index contributed by atoms with van der Waals surface area (Å²) < 4.78 is 11.6. The van der Waals surface area contributed by atoms with Gasteiger partial charge in [0.25, 0.3) is 5.78 Å². The number of carbonyl (C=O) groups excluding carboxylic acids is 2. The van der Waals surface area contributed by atoms with Gasteiger partial charge in [-0.15, -0.1) is 0 Å². The van der Waals surface area contributed by atoms with Gasteiger partial charge >= 0.3 is 5.91 Å². The minimum atomic E-state index is -1.01. The largest absolute Gasteiger partial charge is 0.507 e. The Morgan fingerprint density at radius 3 is 2.61 bits per heavy atom. The zero-order valence-corrected chi connectivity index (χ0v) is 20.2. The van der Waals surface area contributed by atoms with Crippen LogP contribution in [0.4, 0.5) is 5.13 Å². The van der Waals surface area contributed by atoms with Crippen LogP contribution in [0.5, 0.6) is 17.2 Å². The second-order valence-electron chi connectivity index (χ2n) is 7.90. The van der Waals surface area contributed by atoms with Crippen LogP contribution >= 0.6 is 11.3 Å². The van der Waals surface area contributed by atoms with Crippen LogP contribution in [0.2, 0.25) is 0 Å². The van der Waals surface area contributed by atoms with Crippen LogP contribution in [-0.2, 0) is 9.59 Å². The third-order valence-corrected chi connectivity index (χ3v) is 6.81. The van der Waals surface area contributed by atoms with Crippen molar-refractivity contribution in [1.82, 2.24) is 9.97 Å². The Kier molecular flexibility index (Phi) is 6.03. The van der Waals surface area contributed by atoms with Gasteiger partial charge < -0.3 is 19.7 Å². The third kappa shape index (κ3) is 3.91. The number of aromatic nitrogens is 2. The molecule has 0 saturated carbocycles. The number of amides is 1. The fraction of sp³-hybridized carbons (Fsp3) is 0.154. The van der Waals surface area contributed by atoms with E-state index in [0.717, 1.165) is 4.70 Å². The van der Waals surface area contributed by atoms with Gasteiger partial charge in [-0.2, -0.15) is 0 Å². The molecule has 1 fully saturated rings. The van der Waals surface area contributed by atoms with E-state index in [1.54, 1.807) is 56.5 Å². The van der Waals surface area contributed by atoms with E-state index in [1.807, 2.05) is 0 Å². The molecule has 36 heavy (non-hydrogen) atoms. The zero-order valence-electron chi connectivity index (χ0n) is 19.3. The number of aromatic hydroxyl groups is 1. The number of thiazole rings is 1. The minimum absolute atomic E-state index is 0.0845. The van der Waals surface area contributed by atoms with Gasteiger partial charge in [-0.3, -0.25) is 19.5 Å². The molecular formula is C26H21N3O6S. The summed E-state index contributed by atoms with van der Waals surface area (Å²) >= 11 is 1.22. The molecule has 1 amide bonds. The Hall–Kier alpha value is -4.44. The van der Waals surface area contributed by atoms with Gasteiger partial charge in [0.1, 0.15) is 11.5 Å². The first kappa shape index (κ1) is 23.3. The van der Waals surface area contributed by atoms with Crippen molar-refractivity contribution in [2.75, 3.05) is 18.6 Å². The number of carbonyl (C=O) groups is 2. The van der Waals surface area contributed by atoms with Gasteiger partial charge in [-0.05, 0) is 55.0 Å². The lowest BCUT2D eigenvalue weighted by Crippen LogP contribution is -2.29. The third-order valence-electron chi connectivity index (χ3n) is 5.79. The Bertz CT molecular complexity index is 1510. The molecule has 9 nitrogen and oxygen atoms in total. The molecule has 10 heteroatoms. The fourth-order valence-electron chi connectivity index (χ4n) is 4.11. The molecule has 182 valence electrons. The van der Waals surface area contributed by atoms with Crippen LogP contribution in [0, 0.1) is 0 Å². The molecule has 1 unspecified atom stereocenters. The highest BCUT2D eigenvalue weighted by Crippen LogP contribution is 2.46. The van der Waals surface area contributed by atoms with E-state index in [4.69, 9.17) is 9.47 Å². The molecule has 0 spiro atoms. The van der Waals surface area contributed by atoms with Crippen molar-refractivity contribution >= 4 is 44.1 Å². The van der Waals surface area contributed by atoms with E-state index in [2.05, 4.69) is 9.97 Å². The Balaban J connectivity index is 1.73. The molecule has 2 aromatic carbocycles. The summed E-state index contributed by atoms with van der Waals surface area (Å²) in [7, 11) is 1.56. The average Bonchev–Trinajstić information content (AvgIpc) is 3.43. The summed E-state index contributed by atoms with van der Waals surface area (Å²) in [4.78, 5) is 36.5. The van der Waals surface area contributed by atoms with Gasteiger partial charge in [0, 0.05) is 18.0 Å². The number of ether oxygens (including phenoxy) is 2. The fourth-order valence-corrected chi connectivity index (χ4v) is 5.13. The molecule has 0 aliphatic carbocycles. The van der Waals surface area contributed by atoms with Crippen molar-refractivity contribution in [3.63, 3.8) is 0 Å². The second kappa shape index (κ2) is 9.31. The van der Waals surface area contributed by atoms with E-state index in [-0.39, 0.29) is 28.0 Å². The molecular weight excluding hydrogens is 482 g/mol. The zero-order chi connectivity index (χ0) is 25.4. The monoisotopic (exact) mass is 503 g/mol. The maximum Gasteiger partial charge on any atom is 0.301 e. The van der Waals surface area contributed by atoms with Crippen LogP contribution in [0.3, 0.4) is 0 Å². The highest BCUT2D eigenvalue weighted by atomic mass is 32.1. The number of ketones is 1. The number of Topliss-reactive ketones (excluding diaryl/α,β-unsaturated/α-hetero) is 1. The van der Waals surface area contributed by atoms with Gasteiger partial charge in [-0.25, -0.2) is 4.98 Å². The van der Waals surface area contributed by atoms with Crippen LogP contribution in [0.1, 0.15) is 24.1 Å². The number of rotatable bonds is 6. The molecule has 0 bridgehead atoms. The highest BCUT2D eigenvalue weighted by Gasteiger charge is 2.48. The number of hydrogen-bond acceptors (Lipinski definition) is 9. The number of methoxy groups -OCH3 is 1. The number of benzene rings is 2. The summed E-state index contributed by atoms with van der Waals surface area (Å²) in [6.45, 7) is 2.07. The predicted molar refractivity (Wildman–Crippen MR) is 134 cm³/mol. The van der Waals surface area contributed by atoms with Gasteiger partial charge in [0.2, 0.25) is 0 Å². The van der Waals surface area contributed by atoms with E-state index in [0.29, 0.717) is 29.0 Å². The molecule has 1 aliphatic heterocycles. The molecule has 2 aromatic heterocycles. The lowest BCUT2D eigenvalue weighted by atomic mass is 9.95. The van der Waals surface area contributed by atoms with Crippen LogP contribution < -0.4 is 14.4 Å². The lowest BCUT2D eigenvalue weighted by molar-refractivity contribution is -0.132. The van der Waals surface area contributed by atoms with Gasteiger partial charge in [0.15, 0.2) is 16.6 Å². The molecule has 3 heterocycles. The molecule has 1 atom stereocenters. The van der Waals surface area contributed by atoms with Crippen molar-refractivity contribution < 1.29 is 29.3 Å². The normalized spacial score (nSPS) is 17.1. The highest BCUT2D eigenvalue weighted by molar-refractivity contribution is 7.22. The number of fused-ring (bicyclic) bond motifs is 1. The summed E-state index contributed by atoms with van der Waals surface area (Å²) in [5.41, 5.74) is 1.33. The molecule has 1 aliphatic rings. The van der Waals surface area contributed by atoms with Crippen LogP contribution in [0.15, 0.2) is 66.5 Å². The smallest absolute Gasteiger partial charge is 0.301 e. The van der Waals surface area contributed by atoms with E-state index in [1.165, 1.54) is 34.7 Å². The van der Waals surface area contributed by atoms with Crippen LogP contribution in [-0.4, -0.2) is 45.6 Å². The molecule has 0 radical (unpaired) electrons. The van der Waals surface area contributed by atoms with Crippen molar-refractivity contribution in [2.45, 2.75) is 13.0 Å². The minimum Gasteiger partial charge on any atom is -0.507 e. The van der Waals surface area contributed by atoms with Gasteiger partial charge in [-0.1, -0.05) is 17.4 Å². The maximum absolute atomic E-state index is 13.4. The van der Waals surface area contributed by atoms with E-state index >= 15 is 0 Å². The quantitative estimate of drug-likeness (QED) is 0.225. The van der Waals surface area contributed by atoms with Crippen molar-refractivity contribution in [3.05, 3.63) is 77.6 Å². The SMILES string of the molecule is CCOc1cc(C2C(=C(O)c3ccncc3)C(=O)C(=O)N2c2nc3ccc(OC)cc3s2)ccc1O. The molecule has 1 saturated heterocycles. The Morgan fingerprint density at radius 1 is 1.11 bits per heavy atom. The first-order valence-electron chi connectivity index (χ1n) is 11.0. The summed E-state index contributed by atoms with van der Waals surface area (Å²) in [5, 5.41) is 21.7. The number of pyridine rings is 1. The average molecular weight is 504 g/mol. The topological polar surface area (TPSA) is 122 Å². The Labute approximate surface area is 209 Å². The summed E-state index contributed by atoms with van der Waals surface area (Å²) in [6.07, 6.45) is 2.96. The lowest BCUT2D eigenvalue weighted by Gasteiger charge is -2.23. The summed E-state index contributed by atoms with van der Waals surface area (Å²) in [5.74, 6) is -1.27. The number of aliphatic hydroxyl groups is 1. The van der Waals surface area contributed by atoms with Crippen molar-refractivity contribution in [1.29, 1.82) is 0 Å². The molecule has 5 rings (SSSR count). The molecule has 4 aromatic rings. The van der Waals surface area contributed by atoms with Crippen molar-refractivity contribution in [3.8, 4) is 17.2 Å². The maximum atomic E-state index is 13.4. The molecule has 2 N–H and O–H groups in total. The van der Waals surface area contributed by atoms with Crippen LogP contribution in [0.25, 0.3) is 16.0 Å². The van der Waals surface area contributed by atoms with E-state index in [9.17, 15) is 19.8 Å².